The summed E-state index contributed by atoms with van der Waals surface area (Å²) in [6.07, 6.45) is 4.12. The lowest BCUT2D eigenvalue weighted by molar-refractivity contribution is 0.419. The van der Waals surface area contributed by atoms with Crippen molar-refractivity contribution in [2.24, 2.45) is 0 Å². The van der Waals surface area contributed by atoms with E-state index in [2.05, 4.69) is 20.3 Å². The predicted octanol–water partition coefficient (Wildman–Crippen LogP) is 4.43. The van der Waals surface area contributed by atoms with E-state index in [9.17, 15) is 8.78 Å². The van der Waals surface area contributed by atoms with Gasteiger partial charge in [0, 0.05) is 36.3 Å². The molecule has 1 N–H and O–H groups in total. The van der Waals surface area contributed by atoms with Gasteiger partial charge in [-0.1, -0.05) is 13.0 Å². The predicted molar refractivity (Wildman–Crippen MR) is 94.1 cm³/mol. The number of rotatable bonds is 6. The molecule has 0 spiro atoms. The summed E-state index contributed by atoms with van der Waals surface area (Å²) >= 11 is 0. The van der Waals surface area contributed by atoms with Crippen LogP contribution < -0.4 is 10.1 Å². The van der Waals surface area contributed by atoms with E-state index in [1.54, 1.807) is 18.3 Å². The van der Waals surface area contributed by atoms with Gasteiger partial charge in [0.25, 0.3) is 0 Å². The summed E-state index contributed by atoms with van der Waals surface area (Å²) in [7, 11) is 0. The van der Waals surface area contributed by atoms with E-state index in [0.717, 1.165) is 29.8 Å². The monoisotopic (exact) mass is 356 g/mol. The molecule has 3 aromatic rings. The first-order chi connectivity index (χ1) is 12.6. The minimum Gasteiger partial charge on any atom is -0.436 e. The van der Waals surface area contributed by atoms with Gasteiger partial charge < -0.3 is 10.1 Å². The molecule has 5 nitrogen and oxygen atoms in total. The van der Waals surface area contributed by atoms with Gasteiger partial charge in [-0.25, -0.2) is 23.7 Å². The van der Waals surface area contributed by atoms with Gasteiger partial charge in [0.2, 0.25) is 11.8 Å². The zero-order valence-corrected chi connectivity index (χ0v) is 14.5. The first-order valence-corrected chi connectivity index (χ1v) is 8.20. The van der Waals surface area contributed by atoms with Crippen LogP contribution in [-0.2, 0) is 13.0 Å². The van der Waals surface area contributed by atoms with Crippen molar-refractivity contribution in [1.29, 1.82) is 0 Å². The van der Waals surface area contributed by atoms with Crippen LogP contribution in [0.25, 0.3) is 0 Å². The molecule has 0 saturated carbocycles. The highest BCUT2D eigenvalue weighted by molar-refractivity contribution is 5.37. The third kappa shape index (κ3) is 4.11. The summed E-state index contributed by atoms with van der Waals surface area (Å²) in [6.45, 7) is 4.34. The van der Waals surface area contributed by atoms with Crippen molar-refractivity contribution in [1.82, 2.24) is 15.0 Å². The fourth-order valence-electron chi connectivity index (χ4n) is 2.41. The quantitative estimate of drug-likeness (QED) is 0.708. The van der Waals surface area contributed by atoms with Crippen molar-refractivity contribution >= 4 is 5.95 Å². The molecule has 3 rings (SSSR count). The molecular formula is C19H18F2N4O. The van der Waals surface area contributed by atoms with E-state index in [0.29, 0.717) is 18.1 Å². The van der Waals surface area contributed by atoms with Crippen LogP contribution in [0, 0.1) is 18.6 Å². The molecule has 134 valence electrons. The lowest BCUT2D eigenvalue weighted by atomic mass is 10.2. The number of hydrogen-bond donors (Lipinski definition) is 1. The average molecular weight is 356 g/mol. The lowest BCUT2D eigenvalue weighted by Gasteiger charge is -2.12. The van der Waals surface area contributed by atoms with Crippen molar-refractivity contribution in [2.45, 2.75) is 26.8 Å². The van der Waals surface area contributed by atoms with Crippen molar-refractivity contribution in [3.05, 3.63) is 71.2 Å². The number of aryl methyl sites for hydroxylation is 2. The van der Waals surface area contributed by atoms with Crippen LogP contribution in [0.2, 0.25) is 0 Å². The van der Waals surface area contributed by atoms with Crippen molar-refractivity contribution in [2.75, 3.05) is 5.32 Å². The Kier molecular flexibility index (Phi) is 5.36. The second-order valence-electron chi connectivity index (χ2n) is 5.67. The van der Waals surface area contributed by atoms with Crippen LogP contribution >= 0.6 is 0 Å². The number of benzene rings is 1. The normalized spacial score (nSPS) is 10.6. The van der Waals surface area contributed by atoms with Crippen LogP contribution in [-0.4, -0.2) is 15.0 Å². The molecule has 7 heteroatoms. The van der Waals surface area contributed by atoms with Gasteiger partial charge in [0.1, 0.15) is 5.82 Å². The number of anilines is 1. The molecule has 0 radical (unpaired) electrons. The molecule has 2 heterocycles. The summed E-state index contributed by atoms with van der Waals surface area (Å²) in [5, 5.41) is 3.12. The minimum absolute atomic E-state index is 0.0915. The second-order valence-corrected chi connectivity index (χ2v) is 5.67. The molecule has 26 heavy (non-hydrogen) atoms. The number of aromatic nitrogens is 3. The Morgan fingerprint density at radius 1 is 1.15 bits per heavy atom. The zero-order valence-electron chi connectivity index (χ0n) is 14.5. The van der Waals surface area contributed by atoms with E-state index >= 15 is 0 Å². The SMILES string of the molecule is CCc1nc(NCc2cccnc2Oc2ccc(F)cc2F)ncc1C. The van der Waals surface area contributed by atoms with Crippen LogP contribution in [0.3, 0.4) is 0 Å². The number of nitrogens with one attached hydrogen (secondary N) is 1. The molecule has 0 atom stereocenters. The maximum absolute atomic E-state index is 13.8. The average Bonchev–Trinajstić information content (AvgIpc) is 2.64. The first-order valence-electron chi connectivity index (χ1n) is 8.20. The zero-order chi connectivity index (χ0) is 18.5. The third-order valence-corrected chi connectivity index (χ3v) is 3.80. The summed E-state index contributed by atoms with van der Waals surface area (Å²) < 4.78 is 32.4. The van der Waals surface area contributed by atoms with Crippen molar-refractivity contribution < 1.29 is 13.5 Å². The van der Waals surface area contributed by atoms with E-state index in [1.165, 1.54) is 12.3 Å². The molecule has 0 aliphatic heterocycles. The van der Waals surface area contributed by atoms with Crippen LogP contribution in [0.1, 0.15) is 23.7 Å². The maximum Gasteiger partial charge on any atom is 0.224 e. The Labute approximate surface area is 150 Å². The van der Waals surface area contributed by atoms with E-state index < -0.39 is 11.6 Å². The Morgan fingerprint density at radius 3 is 2.77 bits per heavy atom. The lowest BCUT2D eigenvalue weighted by Crippen LogP contribution is -2.07. The Bertz CT molecular complexity index is 918. The van der Waals surface area contributed by atoms with Gasteiger partial charge in [-0.3, -0.25) is 0 Å². The standard InChI is InChI=1S/C19H18F2N4O/c1-3-16-12(2)10-23-19(25-16)24-11-13-5-4-8-22-18(13)26-17-7-6-14(20)9-15(17)21/h4-10H,3,11H2,1-2H3,(H,23,24,25). The summed E-state index contributed by atoms with van der Waals surface area (Å²) in [6, 6.07) is 6.67. The Balaban J connectivity index is 1.77. The molecule has 2 aromatic heterocycles. The smallest absolute Gasteiger partial charge is 0.224 e. The highest BCUT2D eigenvalue weighted by Crippen LogP contribution is 2.26. The molecule has 0 bridgehead atoms. The van der Waals surface area contributed by atoms with Gasteiger partial charge in [-0.05, 0) is 37.1 Å². The fraction of sp³-hybridized carbons (Fsp3) is 0.211. The van der Waals surface area contributed by atoms with Crippen LogP contribution in [0.4, 0.5) is 14.7 Å². The van der Waals surface area contributed by atoms with Crippen LogP contribution in [0.15, 0.2) is 42.7 Å². The second kappa shape index (κ2) is 7.86. The number of hydrogen-bond acceptors (Lipinski definition) is 5. The number of halogens is 2. The van der Waals surface area contributed by atoms with Crippen molar-refractivity contribution in [3.63, 3.8) is 0 Å². The molecule has 1 aromatic carbocycles. The van der Waals surface area contributed by atoms with E-state index in [4.69, 9.17) is 4.74 Å². The molecule has 0 saturated heterocycles. The van der Waals surface area contributed by atoms with Crippen LogP contribution in [0.5, 0.6) is 11.6 Å². The largest absolute Gasteiger partial charge is 0.436 e. The highest BCUT2D eigenvalue weighted by atomic mass is 19.1. The summed E-state index contributed by atoms with van der Waals surface area (Å²) in [4.78, 5) is 12.8. The molecule has 0 amide bonds. The molecule has 0 unspecified atom stereocenters. The Hall–Kier alpha value is -3.09. The number of ether oxygens (including phenoxy) is 1. The summed E-state index contributed by atoms with van der Waals surface area (Å²) in [5.74, 6) is -0.820. The van der Waals surface area contributed by atoms with Gasteiger partial charge >= 0.3 is 0 Å². The number of pyridine rings is 1. The fourth-order valence-corrected chi connectivity index (χ4v) is 2.41. The van der Waals surface area contributed by atoms with Crippen molar-refractivity contribution in [3.8, 4) is 11.6 Å². The molecule has 0 aliphatic carbocycles. The minimum atomic E-state index is -0.788. The van der Waals surface area contributed by atoms with Gasteiger partial charge in [-0.2, -0.15) is 0 Å². The molecular weight excluding hydrogens is 338 g/mol. The number of nitrogens with zero attached hydrogens (tertiary/aromatic N) is 3. The Morgan fingerprint density at radius 2 is 2.00 bits per heavy atom. The highest BCUT2D eigenvalue weighted by Gasteiger charge is 2.11. The topological polar surface area (TPSA) is 59.9 Å². The van der Waals surface area contributed by atoms with Gasteiger partial charge in [0.05, 0.1) is 0 Å². The third-order valence-electron chi connectivity index (χ3n) is 3.80. The molecule has 0 fully saturated rings. The maximum atomic E-state index is 13.8. The van der Waals surface area contributed by atoms with Gasteiger partial charge in [0.15, 0.2) is 11.6 Å². The van der Waals surface area contributed by atoms with E-state index in [-0.39, 0.29) is 11.6 Å². The molecule has 0 aliphatic rings. The van der Waals surface area contributed by atoms with Gasteiger partial charge in [-0.15, -0.1) is 0 Å². The van der Waals surface area contributed by atoms with E-state index in [1.807, 2.05) is 13.8 Å². The summed E-state index contributed by atoms with van der Waals surface area (Å²) in [5.41, 5.74) is 2.70. The first kappa shape index (κ1) is 17.7.